The van der Waals surface area contributed by atoms with E-state index in [9.17, 15) is 4.55 Å². The second kappa shape index (κ2) is 10.3. The zero-order valence-corrected chi connectivity index (χ0v) is 21.1. The van der Waals surface area contributed by atoms with E-state index in [1.807, 2.05) is 32.5 Å². The third-order valence-corrected chi connectivity index (χ3v) is 7.34. The monoisotopic (exact) mass is 486 g/mol. The molecule has 1 fully saturated rings. The largest absolute Gasteiger partial charge is 0.610 e. The molecule has 1 aliphatic heterocycles. The number of aryl methyl sites for hydroxylation is 2. The highest BCUT2D eigenvalue weighted by Crippen LogP contribution is 2.37. The molecule has 1 aliphatic rings. The molecule has 0 spiro atoms. The number of aromatic nitrogens is 5. The SMILES string of the molecule is C=C/C=C(/NSC)c1c([S+](C)[O-])n(CC2CCOCC2)c2cc(-c3c(C)nnn3C)cnc12. The molecule has 1 atom stereocenters. The first-order chi connectivity index (χ1) is 16.0. The average molecular weight is 487 g/mol. The van der Waals surface area contributed by atoms with Gasteiger partial charge < -0.3 is 14.0 Å². The molecule has 0 saturated carbocycles. The van der Waals surface area contributed by atoms with Gasteiger partial charge in [-0.25, -0.2) is 4.68 Å². The summed E-state index contributed by atoms with van der Waals surface area (Å²) in [6, 6.07) is 2.12. The van der Waals surface area contributed by atoms with Crippen molar-refractivity contribution in [1.29, 1.82) is 0 Å². The molecule has 0 aromatic carbocycles. The van der Waals surface area contributed by atoms with E-state index in [0.29, 0.717) is 5.92 Å². The highest BCUT2D eigenvalue weighted by molar-refractivity contribution is 7.97. The Morgan fingerprint density at radius 3 is 2.79 bits per heavy atom. The Labute approximate surface area is 201 Å². The van der Waals surface area contributed by atoms with Gasteiger partial charge in [0.05, 0.1) is 28.2 Å². The van der Waals surface area contributed by atoms with Crippen LogP contribution in [-0.2, 0) is 29.5 Å². The Bertz CT molecular complexity index is 1160. The summed E-state index contributed by atoms with van der Waals surface area (Å²) in [4.78, 5) is 4.89. The van der Waals surface area contributed by atoms with Crippen LogP contribution in [0.1, 0.15) is 24.1 Å². The first-order valence-corrected chi connectivity index (χ1v) is 13.7. The smallest absolute Gasteiger partial charge is 0.237 e. The van der Waals surface area contributed by atoms with Gasteiger partial charge in [-0.3, -0.25) is 9.55 Å². The van der Waals surface area contributed by atoms with Crippen LogP contribution in [0, 0.1) is 12.8 Å². The van der Waals surface area contributed by atoms with Crippen molar-refractivity contribution in [3.8, 4) is 11.3 Å². The number of hydrogen-bond acceptors (Lipinski definition) is 7. The molecule has 4 heterocycles. The fraction of sp³-hybridized carbons (Fsp3) is 0.435. The number of nitrogens with one attached hydrogen (secondary N) is 1. The lowest BCUT2D eigenvalue weighted by Crippen LogP contribution is -2.22. The summed E-state index contributed by atoms with van der Waals surface area (Å²) in [5.74, 6) is 0.452. The van der Waals surface area contributed by atoms with Crippen LogP contribution >= 0.6 is 11.9 Å². The molecule has 0 radical (unpaired) electrons. The standard InChI is InChI=1S/C23H30N6O2S2/c1-6-7-18(26-32-4)20-21-19(12-17(13-24-21)22-15(2)25-27-28(22)3)29(23(20)33(5)30)14-16-8-10-31-11-9-16/h6-7,12-13,16,26H,1,8-11,14H2,2-5H3/b18-7+. The Hall–Kier alpha value is -2.27. The maximum absolute atomic E-state index is 13.2. The molecule has 1 N–H and O–H groups in total. The van der Waals surface area contributed by atoms with Crippen molar-refractivity contribution in [3.63, 3.8) is 0 Å². The highest BCUT2D eigenvalue weighted by atomic mass is 32.2. The molecule has 8 nitrogen and oxygen atoms in total. The highest BCUT2D eigenvalue weighted by Gasteiger charge is 2.30. The Morgan fingerprint density at radius 1 is 1.42 bits per heavy atom. The molecule has 0 aliphatic carbocycles. The van der Waals surface area contributed by atoms with E-state index in [1.54, 1.807) is 17.0 Å². The lowest BCUT2D eigenvalue weighted by atomic mass is 10.0. The van der Waals surface area contributed by atoms with Gasteiger partial charge in [-0.15, -0.1) is 5.10 Å². The molecule has 4 rings (SSSR count). The van der Waals surface area contributed by atoms with E-state index in [0.717, 1.165) is 76.9 Å². The van der Waals surface area contributed by atoms with E-state index in [2.05, 4.69) is 32.2 Å². The summed E-state index contributed by atoms with van der Waals surface area (Å²) in [6.07, 6.45) is 11.2. The molecule has 1 saturated heterocycles. The zero-order chi connectivity index (χ0) is 23.5. The molecular weight excluding hydrogens is 456 g/mol. The number of fused-ring (bicyclic) bond motifs is 1. The Morgan fingerprint density at radius 2 is 2.18 bits per heavy atom. The summed E-state index contributed by atoms with van der Waals surface area (Å²) in [5.41, 5.74) is 6.18. The van der Waals surface area contributed by atoms with Gasteiger partial charge in [0, 0.05) is 56.0 Å². The number of ether oxygens (including phenoxy) is 1. The van der Waals surface area contributed by atoms with Crippen molar-refractivity contribution in [2.45, 2.75) is 31.3 Å². The minimum Gasteiger partial charge on any atom is -0.610 e. The molecule has 1 unspecified atom stereocenters. The van der Waals surface area contributed by atoms with Crippen molar-refractivity contribution in [2.24, 2.45) is 13.0 Å². The summed E-state index contributed by atoms with van der Waals surface area (Å²) >= 11 is 0.254. The second-order valence-electron chi connectivity index (χ2n) is 8.16. The summed E-state index contributed by atoms with van der Waals surface area (Å²) in [6.45, 7) is 8.11. The maximum Gasteiger partial charge on any atom is 0.237 e. The van der Waals surface area contributed by atoms with Crippen LogP contribution in [0.4, 0.5) is 0 Å². The number of rotatable bonds is 8. The van der Waals surface area contributed by atoms with Crippen LogP contribution in [0.15, 0.2) is 36.0 Å². The fourth-order valence-corrected chi connectivity index (χ4v) is 5.86. The van der Waals surface area contributed by atoms with Crippen LogP contribution in [0.5, 0.6) is 0 Å². The zero-order valence-electron chi connectivity index (χ0n) is 19.5. The molecule has 176 valence electrons. The van der Waals surface area contributed by atoms with Crippen LogP contribution in [0.3, 0.4) is 0 Å². The van der Waals surface area contributed by atoms with E-state index >= 15 is 0 Å². The second-order valence-corrected chi connectivity index (χ2v) is 10.1. The van der Waals surface area contributed by atoms with Crippen LogP contribution in [-0.4, -0.2) is 54.8 Å². The topological polar surface area (TPSA) is 92.9 Å². The van der Waals surface area contributed by atoms with Gasteiger partial charge in [0.25, 0.3) is 0 Å². The molecule has 0 bridgehead atoms. The molecule has 0 amide bonds. The summed E-state index contributed by atoms with van der Waals surface area (Å²) in [5, 5.41) is 9.13. The van der Waals surface area contributed by atoms with Gasteiger partial charge in [0.15, 0.2) is 0 Å². The molecular formula is C23H30N6O2S2. The molecule has 10 heteroatoms. The van der Waals surface area contributed by atoms with Gasteiger partial charge in [-0.2, -0.15) is 0 Å². The van der Waals surface area contributed by atoms with E-state index in [-0.39, 0.29) is 0 Å². The lowest BCUT2D eigenvalue weighted by molar-refractivity contribution is 0.0609. The molecule has 3 aromatic heterocycles. The van der Waals surface area contributed by atoms with Gasteiger partial charge in [-0.1, -0.05) is 29.8 Å². The van der Waals surface area contributed by atoms with E-state index in [1.165, 1.54) is 11.9 Å². The van der Waals surface area contributed by atoms with Crippen molar-refractivity contribution in [2.75, 3.05) is 25.7 Å². The van der Waals surface area contributed by atoms with Gasteiger partial charge in [0.1, 0.15) is 11.8 Å². The average Bonchev–Trinajstić information content (AvgIpc) is 3.30. The molecule has 33 heavy (non-hydrogen) atoms. The minimum absolute atomic E-state index is 0.452. The summed E-state index contributed by atoms with van der Waals surface area (Å²) < 4.78 is 26.0. The quantitative estimate of drug-likeness (QED) is 0.295. The van der Waals surface area contributed by atoms with Crippen LogP contribution in [0.2, 0.25) is 0 Å². The predicted octanol–water partition coefficient (Wildman–Crippen LogP) is 3.70. The van der Waals surface area contributed by atoms with E-state index < -0.39 is 11.2 Å². The van der Waals surface area contributed by atoms with Crippen molar-refractivity contribution >= 4 is 39.9 Å². The minimum atomic E-state index is -1.23. The van der Waals surface area contributed by atoms with Gasteiger partial charge >= 0.3 is 0 Å². The maximum atomic E-state index is 13.2. The number of nitrogens with zero attached hydrogens (tertiary/aromatic N) is 5. The first kappa shape index (κ1) is 23.9. The van der Waals surface area contributed by atoms with Crippen molar-refractivity contribution in [1.82, 2.24) is 29.3 Å². The van der Waals surface area contributed by atoms with Crippen molar-refractivity contribution in [3.05, 3.63) is 42.3 Å². The Balaban J connectivity index is 1.98. The van der Waals surface area contributed by atoms with Crippen LogP contribution < -0.4 is 4.72 Å². The third kappa shape index (κ3) is 4.70. The normalized spacial score (nSPS) is 16.3. The van der Waals surface area contributed by atoms with Gasteiger partial charge in [0.2, 0.25) is 5.03 Å². The third-order valence-electron chi connectivity index (χ3n) is 5.94. The Kier molecular flexibility index (Phi) is 7.48. The fourth-order valence-electron chi connectivity index (χ4n) is 4.49. The number of hydrogen-bond donors (Lipinski definition) is 1. The van der Waals surface area contributed by atoms with Crippen LogP contribution in [0.25, 0.3) is 28.0 Å². The molecule has 3 aromatic rings. The van der Waals surface area contributed by atoms with Crippen molar-refractivity contribution < 1.29 is 9.29 Å². The summed E-state index contributed by atoms with van der Waals surface area (Å²) in [7, 11) is 1.88. The lowest BCUT2D eigenvalue weighted by Gasteiger charge is -2.24. The predicted molar refractivity (Wildman–Crippen MR) is 135 cm³/mol. The number of allylic oxidation sites excluding steroid dienone is 2. The number of pyridine rings is 1. The van der Waals surface area contributed by atoms with E-state index in [4.69, 9.17) is 9.72 Å². The van der Waals surface area contributed by atoms with Gasteiger partial charge in [-0.05, 0) is 37.8 Å². The first-order valence-electron chi connectivity index (χ1n) is 10.9.